The second-order valence-electron chi connectivity index (χ2n) is 24.2. The molecule has 2 aliphatic carbocycles. The topological polar surface area (TPSA) is 0 Å². The van der Waals surface area contributed by atoms with Gasteiger partial charge in [-0.25, -0.2) is 0 Å². The number of thiophene rings is 1. The molecule has 0 amide bonds. The van der Waals surface area contributed by atoms with E-state index in [-0.39, 0.29) is 0 Å². The molecule has 0 radical (unpaired) electrons. The van der Waals surface area contributed by atoms with Crippen molar-refractivity contribution in [3.63, 3.8) is 0 Å². The molecule has 0 fully saturated rings. The van der Waals surface area contributed by atoms with Gasteiger partial charge in [-0.05, 0) is 181 Å². The predicted molar refractivity (Wildman–Crippen MR) is 382 cm³/mol. The number of fused-ring (bicyclic) bond motifs is 6. The highest BCUT2D eigenvalue weighted by Gasteiger charge is 2.51. The van der Waals surface area contributed by atoms with Crippen LogP contribution in [-0.4, -0.2) is 0 Å². The first-order valence-corrected chi connectivity index (χ1v) is 32.3. The molecule has 14 aromatic carbocycles. The van der Waals surface area contributed by atoms with Gasteiger partial charge in [-0.3, -0.25) is 0 Å². The molecule has 0 spiro atoms. The van der Waals surface area contributed by atoms with Crippen LogP contribution in [0.25, 0.3) is 111 Å². The molecule has 1 heterocycles. The van der Waals surface area contributed by atoms with Crippen LogP contribution in [0.5, 0.6) is 0 Å². The van der Waals surface area contributed by atoms with Gasteiger partial charge in [0.2, 0.25) is 0 Å². The molecule has 1 aromatic heterocycles. The van der Waals surface area contributed by atoms with Crippen molar-refractivity contribution >= 4 is 11.3 Å². The minimum atomic E-state index is -0.721. The fourth-order valence-corrected chi connectivity index (χ4v) is 16.4. The van der Waals surface area contributed by atoms with Crippen LogP contribution in [-0.2, 0) is 10.8 Å². The summed E-state index contributed by atoms with van der Waals surface area (Å²) >= 11 is 1.97. The van der Waals surface area contributed by atoms with Crippen molar-refractivity contribution in [3.8, 4) is 111 Å². The van der Waals surface area contributed by atoms with Crippen LogP contribution in [0.1, 0.15) is 43.1 Å². The van der Waals surface area contributed by atoms with E-state index in [2.05, 4.69) is 364 Å². The van der Waals surface area contributed by atoms with Crippen LogP contribution >= 0.6 is 11.3 Å². The summed E-state index contributed by atoms with van der Waals surface area (Å²) in [6.45, 7) is 0. The SMILES string of the molecule is c1ccc(-c2ccc(-c3ccc4c(c3)C(c3ccccc3)(c3ccc(C5(c6ccccc6)c6cc(-c7ccc(-c8ccccc8)cc7)ccc6-c6ccc(-c7ccc(-c8ccccc8)cc7)cc65)s3)c3cc(-c5ccc(-c6ccccc6)cc5)ccc3-4)cc2)cc1. The monoisotopic (exact) mass is 1170 g/mol. The summed E-state index contributed by atoms with van der Waals surface area (Å²) in [5.41, 5.74) is 30.3. The van der Waals surface area contributed by atoms with Crippen LogP contribution in [0.3, 0.4) is 0 Å². The predicted octanol–water partition coefficient (Wildman–Crippen LogP) is 23.8. The maximum absolute atomic E-state index is 2.52. The fraction of sp³-hybridized carbons (Fsp3) is 0.0222. The molecule has 91 heavy (non-hydrogen) atoms. The van der Waals surface area contributed by atoms with E-state index in [1.165, 1.54) is 154 Å². The van der Waals surface area contributed by atoms with Crippen molar-refractivity contribution in [1.29, 1.82) is 0 Å². The van der Waals surface area contributed by atoms with Crippen LogP contribution in [0.2, 0.25) is 0 Å². The molecule has 0 saturated heterocycles. The number of hydrogen-bond donors (Lipinski definition) is 0. The average molecular weight is 1170 g/mol. The molecule has 0 atom stereocenters. The summed E-state index contributed by atoms with van der Waals surface area (Å²) < 4.78 is 0. The van der Waals surface area contributed by atoms with Crippen LogP contribution < -0.4 is 0 Å². The first-order chi connectivity index (χ1) is 45.1. The van der Waals surface area contributed by atoms with Crippen molar-refractivity contribution < 1.29 is 0 Å². The average Bonchev–Trinajstić information content (AvgIpc) is 1.55. The molecule has 17 rings (SSSR count). The van der Waals surface area contributed by atoms with E-state index in [4.69, 9.17) is 0 Å². The zero-order valence-corrected chi connectivity index (χ0v) is 50.9. The lowest BCUT2D eigenvalue weighted by Gasteiger charge is -2.34. The van der Waals surface area contributed by atoms with E-state index < -0.39 is 10.8 Å². The van der Waals surface area contributed by atoms with Gasteiger partial charge in [0, 0.05) is 9.75 Å². The summed E-state index contributed by atoms with van der Waals surface area (Å²) in [6.07, 6.45) is 0. The molecule has 15 aromatic rings. The van der Waals surface area contributed by atoms with E-state index >= 15 is 0 Å². The van der Waals surface area contributed by atoms with E-state index in [0.717, 1.165) is 0 Å². The molecule has 426 valence electrons. The molecule has 2 aliphatic rings. The smallest absolute Gasteiger partial charge is 0.0807 e. The Hall–Kier alpha value is -11.2. The molecular weight excluding hydrogens is 1110 g/mol. The summed E-state index contributed by atoms with van der Waals surface area (Å²) in [6, 6.07) is 136. The third-order valence-corrected chi connectivity index (χ3v) is 20.7. The van der Waals surface area contributed by atoms with Crippen LogP contribution in [0.15, 0.2) is 364 Å². The van der Waals surface area contributed by atoms with Crippen molar-refractivity contribution in [1.82, 2.24) is 0 Å². The maximum atomic E-state index is 2.52. The van der Waals surface area contributed by atoms with Gasteiger partial charge in [-0.1, -0.05) is 328 Å². The molecule has 0 unspecified atom stereocenters. The highest BCUT2D eigenvalue weighted by molar-refractivity contribution is 7.12. The third kappa shape index (κ3) is 9.11. The first-order valence-electron chi connectivity index (χ1n) is 31.5. The summed E-state index contributed by atoms with van der Waals surface area (Å²) in [5.74, 6) is 0. The van der Waals surface area contributed by atoms with Crippen LogP contribution in [0.4, 0.5) is 0 Å². The number of rotatable bonds is 12. The second-order valence-corrected chi connectivity index (χ2v) is 25.3. The van der Waals surface area contributed by atoms with E-state index in [0.29, 0.717) is 0 Å². The van der Waals surface area contributed by atoms with Crippen LogP contribution in [0, 0.1) is 0 Å². The highest BCUT2D eigenvalue weighted by atomic mass is 32.1. The lowest BCUT2D eigenvalue weighted by molar-refractivity contribution is 0.786. The zero-order valence-electron chi connectivity index (χ0n) is 50.0. The third-order valence-electron chi connectivity index (χ3n) is 19.3. The summed E-state index contributed by atoms with van der Waals surface area (Å²) in [5, 5.41) is 0. The molecule has 0 saturated carbocycles. The van der Waals surface area contributed by atoms with Gasteiger partial charge in [-0.15, -0.1) is 11.3 Å². The first kappa shape index (κ1) is 54.0. The molecule has 0 N–H and O–H groups in total. The maximum Gasteiger partial charge on any atom is 0.0807 e. The van der Waals surface area contributed by atoms with Crippen molar-refractivity contribution in [3.05, 3.63) is 407 Å². The molecule has 0 nitrogen and oxygen atoms in total. The Kier molecular flexibility index (Phi) is 13.3. The molecular formula is C90H60S. The van der Waals surface area contributed by atoms with Gasteiger partial charge in [0.25, 0.3) is 0 Å². The Morgan fingerprint density at radius 3 is 0.549 bits per heavy atom. The minimum Gasteiger partial charge on any atom is -0.142 e. The Morgan fingerprint density at radius 1 is 0.154 bits per heavy atom. The van der Waals surface area contributed by atoms with E-state index in [1.54, 1.807) is 0 Å². The second kappa shape index (κ2) is 22.4. The lowest BCUT2D eigenvalue weighted by atomic mass is 9.70. The quantitative estimate of drug-likeness (QED) is 0.114. The summed E-state index contributed by atoms with van der Waals surface area (Å²) in [4.78, 5) is 2.54. The number of hydrogen-bond acceptors (Lipinski definition) is 1. The van der Waals surface area contributed by atoms with E-state index in [1.807, 2.05) is 11.3 Å². The standard InChI is InChI=1S/C90H60S/c1-7-19-61(20-8-1)65-31-39-69(40-32-65)73-47-51-79-80-52-48-74(70-41-33-66(34-42-70)62-21-9-2-10-22-62)58-84(80)89(83(79)57-73,77-27-15-5-16-28-77)87-55-56-88(91-87)90(78-29-17-6-18-30-78)85-59-75(71-43-35-67(36-44-71)63-23-11-3-12-24-63)49-53-81(85)82-54-50-76(60-86(82)90)72-45-37-68(38-46-72)64-25-13-4-14-26-64/h1-60H. The van der Waals surface area contributed by atoms with Gasteiger partial charge < -0.3 is 0 Å². The Balaban J connectivity index is 0.896. The number of benzene rings is 14. The van der Waals surface area contributed by atoms with Crippen molar-refractivity contribution in [2.45, 2.75) is 10.8 Å². The molecule has 0 bridgehead atoms. The normalized spacial score (nSPS) is 13.0. The van der Waals surface area contributed by atoms with Gasteiger partial charge in [0.1, 0.15) is 0 Å². The van der Waals surface area contributed by atoms with Gasteiger partial charge in [-0.2, -0.15) is 0 Å². The van der Waals surface area contributed by atoms with Crippen molar-refractivity contribution in [2.75, 3.05) is 0 Å². The van der Waals surface area contributed by atoms with Crippen molar-refractivity contribution in [2.24, 2.45) is 0 Å². The largest absolute Gasteiger partial charge is 0.142 e. The van der Waals surface area contributed by atoms with Gasteiger partial charge >= 0.3 is 0 Å². The molecule has 1 heteroatoms. The fourth-order valence-electron chi connectivity index (χ4n) is 14.9. The Labute approximate surface area is 537 Å². The zero-order chi connectivity index (χ0) is 60.3. The minimum absolute atomic E-state index is 0.721. The lowest BCUT2D eigenvalue weighted by Crippen LogP contribution is -2.29. The molecule has 0 aliphatic heterocycles. The van der Waals surface area contributed by atoms with Gasteiger partial charge in [0.05, 0.1) is 10.8 Å². The summed E-state index contributed by atoms with van der Waals surface area (Å²) in [7, 11) is 0. The van der Waals surface area contributed by atoms with Gasteiger partial charge in [0.15, 0.2) is 0 Å². The van der Waals surface area contributed by atoms with E-state index in [9.17, 15) is 0 Å². The Bertz CT molecular complexity index is 4540. The Morgan fingerprint density at radius 2 is 0.330 bits per heavy atom. The highest BCUT2D eigenvalue weighted by Crippen LogP contribution is 2.63.